The number of piperidine rings is 2. The molecule has 0 saturated carbocycles. The number of hydrogen-bond acceptors (Lipinski definition) is 10. The molecule has 57 heavy (non-hydrogen) atoms. The molecule has 16 nitrogen and oxygen atoms in total. The van der Waals surface area contributed by atoms with Gasteiger partial charge in [-0.15, -0.1) is 22.7 Å². The lowest BCUT2D eigenvalue weighted by molar-refractivity contribution is 0.0434. The van der Waals surface area contributed by atoms with E-state index < -0.39 is 55.7 Å². The molecule has 2 saturated heterocycles. The number of thiophene rings is 2. The van der Waals surface area contributed by atoms with E-state index in [0.717, 1.165) is 58.1 Å². The van der Waals surface area contributed by atoms with Crippen LogP contribution in [0.25, 0.3) is 20.9 Å². The molecular weight excluding hydrogens is 813 g/mol. The molecule has 20 heteroatoms. The Morgan fingerprint density at radius 2 is 1.26 bits per heavy atom. The predicted molar refractivity (Wildman–Crippen MR) is 223 cm³/mol. The molecule has 0 radical (unpaired) electrons. The van der Waals surface area contributed by atoms with E-state index in [9.17, 15) is 36.3 Å². The number of nitrogens with two attached hydrogens (primary N) is 2. The Morgan fingerprint density at radius 3 is 1.68 bits per heavy atom. The van der Waals surface area contributed by atoms with Gasteiger partial charge in [0.2, 0.25) is 0 Å². The Labute approximate surface area is 340 Å². The number of nitrogens with zero attached hydrogens (tertiary/aromatic N) is 1. The first-order valence-corrected chi connectivity index (χ1v) is 22.7. The van der Waals surface area contributed by atoms with E-state index in [4.69, 9.17) is 11.5 Å². The molecule has 4 aromatic rings. The number of hydrogen-bond donors (Lipinski definition) is 8. The van der Waals surface area contributed by atoms with Gasteiger partial charge in [-0.1, -0.05) is 81.4 Å². The topological polar surface area (TPSA) is 255 Å². The van der Waals surface area contributed by atoms with Crippen molar-refractivity contribution in [2.24, 2.45) is 16.9 Å². The van der Waals surface area contributed by atoms with Gasteiger partial charge in [-0.3, -0.25) is 0 Å². The second-order valence-corrected chi connectivity index (χ2v) is 20.6. The van der Waals surface area contributed by atoms with Crippen molar-refractivity contribution >= 4 is 72.3 Å². The number of sulfonamides is 2. The van der Waals surface area contributed by atoms with E-state index in [1.807, 2.05) is 81.4 Å². The number of likely N-dealkylation sites (tertiary alicyclic amines) is 1. The average molecular weight is 861 g/mol. The summed E-state index contributed by atoms with van der Waals surface area (Å²) in [4.78, 5) is 37.3. The zero-order valence-corrected chi connectivity index (χ0v) is 34.9. The number of rotatable bonds is 10. The first-order valence-electron chi connectivity index (χ1n) is 18.1. The molecule has 0 aliphatic carbocycles. The molecular formula is C37H48N8O8S4. The van der Waals surface area contributed by atoms with Crippen molar-refractivity contribution in [2.45, 2.75) is 73.0 Å². The van der Waals surface area contributed by atoms with Gasteiger partial charge in [-0.25, -0.2) is 40.7 Å². The monoisotopic (exact) mass is 860 g/mol. The van der Waals surface area contributed by atoms with Gasteiger partial charge in [0, 0.05) is 34.9 Å². The number of nitrogens with one attached hydrogen (secondary N) is 5. The highest BCUT2D eigenvalue weighted by Gasteiger charge is 2.44. The summed E-state index contributed by atoms with van der Waals surface area (Å²) in [6.45, 7) is 7.50. The maximum atomic E-state index is 13.4. The molecule has 2 aromatic heterocycles. The standard InChI is InChI=1S/C21H28N4O5S2.C16H20N4O3S2/c1-21(2,3)17-14(10-7-11-25(17)20(27)28)24-32(29,30)18-15(23-19(22)26)12-16(31-18)13-8-5-4-6-9-13;17-16(21)19-13-9-14(11-5-2-1-3-6-11)24-15(13)25(22,23)20-12-7-4-8-18-10-12/h4-6,8-9,12,14,17,24H,7,10-11H2,1-3H3,(H,27,28)(H3,22,23,26);1-3,5-6,9,12,18,20H,4,7-8,10H2,(H3,17,19,21)/t14-,17?;12-/m00/s1. The van der Waals surface area contributed by atoms with E-state index in [-0.39, 0.29) is 25.8 Å². The van der Waals surface area contributed by atoms with Crippen LogP contribution in [-0.4, -0.2) is 82.8 Å². The van der Waals surface area contributed by atoms with E-state index in [1.54, 1.807) is 12.1 Å². The lowest BCUT2D eigenvalue weighted by Gasteiger charge is -2.46. The van der Waals surface area contributed by atoms with Gasteiger partial charge in [0.15, 0.2) is 8.42 Å². The normalized spacial score (nSPS) is 18.9. The number of carbonyl (C=O) groups is 3. The summed E-state index contributed by atoms with van der Waals surface area (Å²) in [6.07, 6.45) is 1.66. The van der Waals surface area contributed by atoms with Gasteiger partial charge in [-0.2, -0.15) is 0 Å². The van der Waals surface area contributed by atoms with Crippen molar-refractivity contribution in [3.8, 4) is 20.9 Å². The van der Waals surface area contributed by atoms with Gasteiger partial charge in [0.05, 0.1) is 17.4 Å². The molecule has 2 aliphatic rings. The van der Waals surface area contributed by atoms with Crippen LogP contribution in [0.15, 0.2) is 81.2 Å². The number of amides is 5. The third-order valence-electron chi connectivity index (χ3n) is 9.21. The second-order valence-electron chi connectivity index (χ2n) is 14.7. The second kappa shape index (κ2) is 18.3. The Kier molecular flexibility index (Phi) is 14.0. The van der Waals surface area contributed by atoms with Crippen LogP contribution in [0.5, 0.6) is 0 Å². The number of benzene rings is 2. The SMILES string of the molecule is CC(C)(C)C1[C@@H](NS(=O)(=O)c2sc(-c3ccccc3)cc2NC(N)=O)CCCN1C(=O)O.NC(=O)Nc1cc(-c2ccccc2)sc1S(=O)(=O)N[C@H]1CCCNC1. The summed E-state index contributed by atoms with van der Waals surface area (Å²) in [5.74, 6) is 0. The van der Waals surface area contributed by atoms with Crippen LogP contribution in [0.4, 0.5) is 25.8 Å². The number of carboxylic acid groups (broad SMARTS) is 1. The van der Waals surface area contributed by atoms with Crippen molar-refractivity contribution in [3.05, 3.63) is 72.8 Å². The maximum Gasteiger partial charge on any atom is 0.407 e. The van der Waals surface area contributed by atoms with Gasteiger partial charge < -0.3 is 37.4 Å². The Hall–Kier alpha value is -4.57. The summed E-state index contributed by atoms with van der Waals surface area (Å²) in [5, 5.41) is 17.7. The van der Waals surface area contributed by atoms with Crippen molar-refractivity contribution in [1.82, 2.24) is 19.7 Å². The largest absolute Gasteiger partial charge is 0.465 e. The molecule has 308 valence electrons. The smallest absolute Gasteiger partial charge is 0.407 e. The lowest BCUT2D eigenvalue weighted by Crippen LogP contribution is -2.61. The fourth-order valence-electron chi connectivity index (χ4n) is 6.96. The third-order valence-corrected chi connectivity index (χ3v) is 15.7. The van der Waals surface area contributed by atoms with E-state index in [1.165, 1.54) is 4.90 Å². The summed E-state index contributed by atoms with van der Waals surface area (Å²) in [6, 6.07) is 18.8. The fraction of sp³-hybridized carbons (Fsp3) is 0.378. The van der Waals surface area contributed by atoms with E-state index in [0.29, 0.717) is 30.8 Å². The van der Waals surface area contributed by atoms with Crippen LogP contribution in [0.3, 0.4) is 0 Å². The quantitative estimate of drug-likeness (QED) is 0.0975. The zero-order chi connectivity index (χ0) is 41.5. The number of primary amides is 2. The zero-order valence-electron chi connectivity index (χ0n) is 31.6. The van der Waals surface area contributed by atoms with Gasteiger partial charge in [0.25, 0.3) is 20.0 Å². The maximum absolute atomic E-state index is 13.4. The van der Waals surface area contributed by atoms with Crippen LogP contribution in [0, 0.1) is 5.41 Å². The van der Waals surface area contributed by atoms with Crippen molar-refractivity contribution in [2.75, 3.05) is 30.3 Å². The minimum Gasteiger partial charge on any atom is -0.465 e. The molecule has 0 bridgehead atoms. The highest BCUT2D eigenvalue weighted by atomic mass is 32.3. The van der Waals surface area contributed by atoms with Crippen LogP contribution >= 0.6 is 22.7 Å². The van der Waals surface area contributed by atoms with Crippen LogP contribution in [0.2, 0.25) is 0 Å². The molecule has 6 rings (SSSR count). The highest BCUT2D eigenvalue weighted by Crippen LogP contribution is 2.40. The lowest BCUT2D eigenvalue weighted by atomic mass is 9.78. The first kappa shape index (κ1) is 43.6. The molecule has 2 fully saturated rings. The van der Waals surface area contributed by atoms with Crippen LogP contribution < -0.4 is 36.9 Å². The summed E-state index contributed by atoms with van der Waals surface area (Å²) in [5.41, 5.74) is 11.9. The molecule has 3 atom stereocenters. The highest BCUT2D eigenvalue weighted by molar-refractivity contribution is 7.92. The Bertz CT molecular complexity index is 2250. The molecule has 4 heterocycles. The summed E-state index contributed by atoms with van der Waals surface area (Å²) in [7, 11) is -7.85. The summed E-state index contributed by atoms with van der Waals surface area (Å²) < 4.78 is 58.0. The number of carbonyl (C=O) groups excluding carboxylic acids is 2. The van der Waals surface area contributed by atoms with Gasteiger partial charge >= 0.3 is 18.2 Å². The number of urea groups is 2. The molecule has 2 aromatic carbocycles. The van der Waals surface area contributed by atoms with E-state index >= 15 is 0 Å². The first-order chi connectivity index (χ1) is 26.9. The van der Waals surface area contributed by atoms with Crippen LogP contribution in [0.1, 0.15) is 46.5 Å². The molecule has 10 N–H and O–H groups in total. The Balaban J connectivity index is 0.000000224. The van der Waals surface area contributed by atoms with Gasteiger partial charge in [0.1, 0.15) is 0 Å². The van der Waals surface area contributed by atoms with Crippen molar-refractivity contribution in [3.63, 3.8) is 0 Å². The fourth-order valence-corrected chi connectivity index (χ4v) is 12.7. The third kappa shape index (κ3) is 11.3. The van der Waals surface area contributed by atoms with Gasteiger partial charge in [-0.05, 0) is 60.9 Å². The molecule has 5 amide bonds. The minimum absolute atomic E-state index is 0.0655. The molecule has 0 spiro atoms. The predicted octanol–water partition coefficient (Wildman–Crippen LogP) is 5.68. The van der Waals surface area contributed by atoms with E-state index in [2.05, 4.69) is 25.4 Å². The van der Waals surface area contributed by atoms with Crippen molar-refractivity contribution in [1.29, 1.82) is 0 Å². The minimum atomic E-state index is -4.09. The number of anilines is 2. The van der Waals surface area contributed by atoms with Crippen LogP contribution in [-0.2, 0) is 20.0 Å². The average Bonchev–Trinajstić information content (AvgIpc) is 3.77. The summed E-state index contributed by atoms with van der Waals surface area (Å²) >= 11 is 2.12. The van der Waals surface area contributed by atoms with Crippen molar-refractivity contribution < 1.29 is 36.3 Å². The Morgan fingerprint density at radius 1 is 0.772 bits per heavy atom. The molecule has 1 unspecified atom stereocenters. The molecule has 2 aliphatic heterocycles.